The predicted molar refractivity (Wildman–Crippen MR) is 81.3 cm³/mol. The van der Waals surface area contributed by atoms with Crippen molar-refractivity contribution in [2.75, 3.05) is 6.61 Å². The molecule has 124 valence electrons. The van der Waals surface area contributed by atoms with E-state index in [0.717, 1.165) is 32.1 Å². The van der Waals surface area contributed by atoms with Gasteiger partial charge in [-0.05, 0) is 55.2 Å². The van der Waals surface area contributed by atoms with E-state index >= 15 is 0 Å². The highest BCUT2D eigenvalue weighted by molar-refractivity contribution is 5.27. The van der Waals surface area contributed by atoms with Crippen LogP contribution in [0.1, 0.15) is 63.2 Å². The number of hydrogen-bond acceptors (Lipinski definition) is 1. The lowest BCUT2D eigenvalue weighted by molar-refractivity contribution is -0.00137. The highest BCUT2D eigenvalue weighted by Gasteiger charge is 2.24. The molecule has 2 rings (SSSR count). The van der Waals surface area contributed by atoms with Crippen molar-refractivity contribution in [3.05, 3.63) is 34.9 Å². The Morgan fingerprint density at radius 3 is 2.45 bits per heavy atom. The van der Waals surface area contributed by atoms with E-state index in [-0.39, 0.29) is 6.10 Å². The molecule has 1 aromatic carbocycles. The molecule has 1 nitrogen and oxygen atoms in total. The van der Waals surface area contributed by atoms with Crippen LogP contribution in [0, 0.1) is 23.5 Å². The summed E-state index contributed by atoms with van der Waals surface area (Å²) in [7, 11) is 0. The minimum atomic E-state index is -1.13. The molecule has 0 amide bonds. The van der Waals surface area contributed by atoms with Gasteiger partial charge in [0.15, 0.2) is 0 Å². The molecule has 0 saturated carbocycles. The normalized spacial score (nSPS) is 26.5. The summed E-state index contributed by atoms with van der Waals surface area (Å²) < 4.78 is 46.1. The lowest BCUT2D eigenvalue weighted by atomic mass is 9.87. The number of alkyl halides is 1. The van der Waals surface area contributed by atoms with Gasteiger partial charge >= 0.3 is 0 Å². The Kier molecular flexibility index (Phi) is 6.30. The summed E-state index contributed by atoms with van der Waals surface area (Å²) in [5.74, 6) is -0.548. The van der Waals surface area contributed by atoms with Gasteiger partial charge in [-0.15, -0.1) is 0 Å². The minimum Gasteiger partial charge on any atom is -0.373 e. The molecule has 0 aromatic heterocycles. The predicted octanol–water partition coefficient (Wildman–Crippen LogP) is 5.73. The Bertz CT molecular complexity index is 466. The summed E-state index contributed by atoms with van der Waals surface area (Å²) in [6.07, 6.45) is 4.77. The maximum atomic E-state index is 13.8. The summed E-state index contributed by atoms with van der Waals surface area (Å²) in [5.41, 5.74) is -0.0108. The van der Waals surface area contributed by atoms with Gasteiger partial charge in [0.05, 0.1) is 18.3 Å². The van der Waals surface area contributed by atoms with Crippen molar-refractivity contribution in [2.45, 2.75) is 58.7 Å². The van der Waals surface area contributed by atoms with Gasteiger partial charge in [0.2, 0.25) is 0 Å². The average molecular weight is 314 g/mol. The smallest absolute Gasteiger partial charge is 0.132 e. The fourth-order valence-corrected chi connectivity index (χ4v) is 3.33. The van der Waals surface area contributed by atoms with Crippen LogP contribution >= 0.6 is 0 Å². The van der Waals surface area contributed by atoms with Crippen molar-refractivity contribution >= 4 is 0 Å². The zero-order valence-corrected chi connectivity index (χ0v) is 13.4. The van der Waals surface area contributed by atoms with Crippen LogP contribution in [0.3, 0.4) is 0 Å². The Labute approximate surface area is 130 Å². The average Bonchev–Trinajstić information content (AvgIpc) is 2.44. The number of rotatable bonds is 4. The molecule has 1 saturated heterocycles. The van der Waals surface area contributed by atoms with Crippen LogP contribution in [0.15, 0.2) is 12.1 Å². The third-order valence-corrected chi connectivity index (χ3v) is 4.56. The standard InChI is InChI=1S/C18H25F3O/c1-3-4-13-7-12(2)5-6-18(22-11-13)14-8-16(20)15(10-19)17(21)9-14/h8-9,12-13,18H,3-7,10-11H2,1-2H3. The van der Waals surface area contributed by atoms with Gasteiger partial charge < -0.3 is 4.74 Å². The van der Waals surface area contributed by atoms with Crippen LogP contribution in [0.25, 0.3) is 0 Å². The Hall–Kier alpha value is -1.03. The van der Waals surface area contributed by atoms with Crippen molar-refractivity contribution in [1.82, 2.24) is 0 Å². The van der Waals surface area contributed by atoms with Crippen LogP contribution in [0.2, 0.25) is 0 Å². The fraction of sp³-hybridized carbons (Fsp3) is 0.667. The molecule has 22 heavy (non-hydrogen) atoms. The van der Waals surface area contributed by atoms with Gasteiger partial charge in [0, 0.05) is 0 Å². The fourth-order valence-electron chi connectivity index (χ4n) is 3.33. The molecule has 1 aromatic rings. The summed E-state index contributed by atoms with van der Waals surface area (Å²) >= 11 is 0. The van der Waals surface area contributed by atoms with Crippen molar-refractivity contribution in [3.63, 3.8) is 0 Å². The second-order valence-electron chi connectivity index (χ2n) is 6.49. The van der Waals surface area contributed by atoms with Crippen molar-refractivity contribution < 1.29 is 17.9 Å². The largest absolute Gasteiger partial charge is 0.373 e. The molecule has 0 radical (unpaired) electrons. The number of halogens is 3. The van der Waals surface area contributed by atoms with Gasteiger partial charge in [-0.2, -0.15) is 0 Å². The quantitative estimate of drug-likeness (QED) is 0.690. The van der Waals surface area contributed by atoms with Crippen LogP contribution in [0.5, 0.6) is 0 Å². The summed E-state index contributed by atoms with van der Waals surface area (Å²) in [4.78, 5) is 0. The lowest BCUT2D eigenvalue weighted by Crippen LogP contribution is -2.20. The van der Waals surface area contributed by atoms with Crippen LogP contribution in [0.4, 0.5) is 13.2 Å². The summed E-state index contributed by atoms with van der Waals surface area (Å²) in [5, 5.41) is 0. The van der Waals surface area contributed by atoms with E-state index in [1.807, 2.05) is 0 Å². The maximum absolute atomic E-state index is 13.8. The Morgan fingerprint density at radius 2 is 1.86 bits per heavy atom. The topological polar surface area (TPSA) is 9.23 Å². The van der Waals surface area contributed by atoms with E-state index in [1.54, 1.807) is 0 Å². The van der Waals surface area contributed by atoms with Gasteiger partial charge in [0.1, 0.15) is 18.3 Å². The summed E-state index contributed by atoms with van der Waals surface area (Å²) in [6, 6.07) is 2.45. The van der Waals surface area contributed by atoms with E-state index in [2.05, 4.69) is 13.8 Å². The first kappa shape index (κ1) is 17.3. The SMILES string of the molecule is CCCC1COC(c2cc(F)c(CF)c(F)c2)CCC(C)C1. The molecule has 1 aliphatic heterocycles. The van der Waals surface area contributed by atoms with Crippen molar-refractivity contribution in [3.8, 4) is 0 Å². The van der Waals surface area contributed by atoms with Crippen LogP contribution in [-0.4, -0.2) is 6.61 Å². The van der Waals surface area contributed by atoms with E-state index in [0.29, 0.717) is 24.0 Å². The third kappa shape index (κ3) is 4.25. The van der Waals surface area contributed by atoms with E-state index in [4.69, 9.17) is 4.74 Å². The van der Waals surface area contributed by atoms with E-state index < -0.39 is 23.9 Å². The molecule has 3 unspecified atom stereocenters. The van der Waals surface area contributed by atoms with E-state index in [9.17, 15) is 13.2 Å². The van der Waals surface area contributed by atoms with Gasteiger partial charge in [-0.3, -0.25) is 0 Å². The molecule has 0 spiro atoms. The maximum Gasteiger partial charge on any atom is 0.132 e. The molecule has 1 aliphatic rings. The first-order chi connectivity index (χ1) is 10.5. The van der Waals surface area contributed by atoms with Gasteiger partial charge in [0.25, 0.3) is 0 Å². The highest BCUT2D eigenvalue weighted by atomic mass is 19.1. The molecule has 0 aliphatic carbocycles. The van der Waals surface area contributed by atoms with Crippen LogP contribution < -0.4 is 0 Å². The molecule has 1 fully saturated rings. The molecule has 4 heteroatoms. The third-order valence-electron chi connectivity index (χ3n) is 4.56. The highest BCUT2D eigenvalue weighted by Crippen LogP contribution is 2.33. The Balaban J connectivity index is 2.16. The minimum absolute atomic E-state index is 0.306. The monoisotopic (exact) mass is 314 g/mol. The molecular formula is C18H25F3O. The van der Waals surface area contributed by atoms with Crippen molar-refractivity contribution in [2.24, 2.45) is 11.8 Å². The number of hydrogen-bond donors (Lipinski definition) is 0. The molecule has 0 N–H and O–H groups in total. The first-order valence-electron chi connectivity index (χ1n) is 8.20. The molecular weight excluding hydrogens is 289 g/mol. The zero-order valence-electron chi connectivity index (χ0n) is 13.4. The number of ether oxygens (including phenoxy) is 1. The molecule has 1 heterocycles. The van der Waals surface area contributed by atoms with Gasteiger partial charge in [-0.25, -0.2) is 13.2 Å². The van der Waals surface area contributed by atoms with Gasteiger partial charge in [-0.1, -0.05) is 20.3 Å². The Morgan fingerprint density at radius 1 is 1.18 bits per heavy atom. The zero-order chi connectivity index (χ0) is 16.1. The summed E-state index contributed by atoms with van der Waals surface area (Å²) in [6.45, 7) is 3.87. The first-order valence-corrected chi connectivity index (χ1v) is 8.20. The second kappa shape index (κ2) is 8.00. The van der Waals surface area contributed by atoms with E-state index in [1.165, 1.54) is 12.1 Å². The second-order valence-corrected chi connectivity index (χ2v) is 6.49. The van der Waals surface area contributed by atoms with Crippen LogP contribution in [-0.2, 0) is 11.4 Å². The molecule has 0 bridgehead atoms. The number of benzene rings is 1. The molecule has 3 atom stereocenters. The van der Waals surface area contributed by atoms with Crippen molar-refractivity contribution in [1.29, 1.82) is 0 Å². The lowest BCUT2D eigenvalue weighted by Gasteiger charge is -2.29.